The van der Waals surface area contributed by atoms with E-state index in [1.807, 2.05) is 13.8 Å². The molecule has 6 heteroatoms. The fourth-order valence-electron chi connectivity index (χ4n) is 2.10. The molecular formula is C15H19F4NO. The molecule has 1 unspecified atom stereocenters. The number of hydrogen-bond acceptors (Lipinski definition) is 1. The molecule has 1 rings (SSSR count). The molecule has 0 aromatic heterocycles. The van der Waals surface area contributed by atoms with Gasteiger partial charge >= 0.3 is 6.18 Å². The maximum absolute atomic E-state index is 13.7. The van der Waals surface area contributed by atoms with E-state index in [0.29, 0.717) is 30.5 Å². The largest absolute Gasteiger partial charge is 0.416 e. The van der Waals surface area contributed by atoms with Crippen LogP contribution in [0.25, 0.3) is 0 Å². The van der Waals surface area contributed by atoms with Gasteiger partial charge in [0.25, 0.3) is 5.91 Å². The number of amides is 1. The van der Waals surface area contributed by atoms with E-state index in [1.54, 1.807) is 6.92 Å². The molecule has 0 N–H and O–H groups in total. The van der Waals surface area contributed by atoms with Gasteiger partial charge in [0.05, 0.1) is 11.1 Å². The lowest BCUT2D eigenvalue weighted by atomic mass is 10.0. The van der Waals surface area contributed by atoms with Gasteiger partial charge in [-0.05, 0) is 37.5 Å². The van der Waals surface area contributed by atoms with Crippen LogP contribution in [0.15, 0.2) is 18.2 Å². The van der Waals surface area contributed by atoms with Gasteiger partial charge in [0.2, 0.25) is 0 Å². The van der Waals surface area contributed by atoms with E-state index in [-0.39, 0.29) is 6.04 Å². The van der Waals surface area contributed by atoms with Gasteiger partial charge in [-0.25, -0.2) is 4.39 Å². The van der Waals surface area contributed by atoms with Gasteiger partial charge in [-0.3, -0.25) is 4.79 Å². The number of carbonyl (C=O) groups is 1. The molecule has 118 valence electrons. The average molecular weight is 305 g/mol. The van der Waals surface area contributed by atoms with E-state index in [1.165, 1.54) is 11.9 Å². The Bertz CT molecular complexity index is 511. The maximum atomic E-state index is 13.7. The lowest BCUT2D eigenvalue weighted by Crippen LogP contribution is -2.36. The van der Waals surface area contributed by atoms with Crippen LogP contribution in [0.4, 0.5) is 17.6 Å². The van der Waals surface area contributed by atoms with Gasteiger partial charge in [-0.1, -0.05) is 13.8 Å². The zero-order chi connectivity index (χ0) is 16.4. The Morgan fingerprint density at radius 3 is 2.29 bits per heavy atom. The van der Waals surface area contributed by atoms with Crippen LogP contribution in [0.3, 0.4) is 0 Å². The van der Waals surface area contributed by atoms with E-state index in [9.17, 15) is 22.4 Å². The molecule has 0 heterocycles. The Hall–Kier alpha value is -1.59. The summed E-state index contributed by atoms with van der Waals surface area (Å²) in [5.74, 6) is -1.37. The van der Waals surface area contributed by atoms with Crippen molar-refractivity contribution < 1.29 is 22.4 Å². The Morgan fingerprint density at radius 2 is 1.81 bits per heavy atom. The molecular weight excluding hydrogens is 286 g/mol. The van der Waals surface area contributed by atoms with Crippen molar-refractivity contribution in [3.63, 3.8) is 0 Å². The Morgan fingerprint density at radius 1 is 1.24 bits per heavy atom. The summed E-state index contributed by atoms with van der Waals surface area (Å²) in [7, 11) is 1.47. The second-order valence-corrected chi connectivity index (χ2v) is 5.59. The third-order valence-corrected chi connectivity index (χ3v) is 3.32. The molecule has 0 saturated heterocycles. The summed E-state index contributed by atoms with van der Waals surface area (Å²) < 4.78 is 51.6. The van der Waals surface area contributed by atoms with Gasteiger partial charge in [0.15, 0.2) is 0 Å². The molecule has 0 bridgehead atoms. The van der Waals surface area contributed by atoms with Crippen molar-refractivity contribution in [2.75, 3.05) is 7.05 Å². The first kappa shape index (κ1) is 17.5. The first-order valence-electron chi connectivity index (χ1n) is 6.68. The smallest absolute Gasteiger partial charge is 0.339 e. The van der Waals surface area contributed by atoms with E-state index < -0.39 is 29.0 Å². The predicted octanol–water partition coefficient (Wildman–Crippen LogP) is 4.35. The Labute approximate surface area is 121 Å². The zero-order valence-corrected chi connectivity index (χ0v) is 12.5. The lowest BCUT2D eigenvalue weighted by molar-refractivity contribution is -0.137. The summed E-state index contributed by atoms with van der Waals surface area (Å²) >= 11 is 0. The highest BCUT2D eigenvalue weighted by atomic mass is 19.4. The molecule has 1 atom stereocenters. The monoisotopic (exact) mass is 305 g/mol. The van der Waals surface area contributed by atoms with Crippen molar-refractivity contribution in [2.24, 2.45) is 5.92 Å². The number of halogens is 4. The normalized spacial score (nSPS) is 13.4. The summed E-state index contributed by atoms with van der Waals surface area (Å²) in [5, 5.41) is 0. The van der Waals surface area contributed by atoms with Crippen LogP contribution in [0.2, 0.25) is 0 Å². The fourth-order valence-corrected chi connectivity index (χ4v) is 2.10. The van der Waals surface area contributed by atoms with E-state index in [0.717, 1.165) is 0 Å². The molecule has 0 aliphatic heterocycles. The Kier molecular flexibility index (Phi) is 5.36. The van der Waals surface area contributed by atoms with Crippen molar-refractivity contribution in [1.29, 1.82) is 0 Å². The van der Waals surface area contributed by atoms with Crippen LogP contribution in [0.5, 0.6) is 0 Å². The number of rotatable bonds is 4. The van der Waals surface area contributed by atoms with Gasteiger partial charge in [0, 0.05) is 13.1 Å². The summed E-state index contributed by atoms with van der Waals surface area (Å²) in [6.07, 6.45) is -3.92. The maximum Gasteiger partial charge on any atom is 0.416 e. The van der Waals surface area contributed by atoms with Crippen molar-refractivity contribution in [1.82, 2.24) is 4.90 Å². The molecule has 21 heavy (non-hydrogen) atoms. The minimum atomic E-state index is -4.61. The second-order valence-electron chi connectivity index (χ2n) is 5.59. The highest BCUT2D eigenvalue weighted by Crippen LogP contribution is 2.30. The third-order valence-electron chi connectivity index (χ3n) is 3.32. The highest BCUT2D eigenvalue weighted by molar-refractivity contribution is 5.94. The van der Waals surface area contributed by atoms with E-state index >= 15 is 0 Å². The quantitative estimate of drug-likeness (QED) is 0.757. The van der Waals surface area contributed by atoms with Crippen LogP contribution < -0.4 is 0 Å². The summed E-state index contributed by atoms with van der Waals surface area (Å²) in [5.41, 5.74) is -1.58. The van der Waals surface area contributed by atoms with Crippen molar-refractivity contribution in [3.05, 3.63) is 35.1 Å². The summed E-state index contributed by atoms with van der Waals surface area (Å²) in [6, 6.07) is 1.68. The molecule has 1 amide bonds. The number of nitrogens with zero attached hydrogens (tertiary/aromatic N) is 1. The minimum absolute atomic E-state index is 0.188. The van der Waals surface area contributed by atoms with E-state index in [4.69, 9.17) is 0 Å². The SMILES string of the molecule is CC(C)CC(C)N(C)C(=O)c1cc(C(F)(F)F)ccc1F. The third kappa shape index (κ3) is 4.44. The first-order valence-corrected chi connectivity index (χ1v) is 6.68. The first-order chi connectivity index (χ1) is 9.54. The van der Waals surface area contributed by atoms with Crippen LogP contribution in [-0.2, 0) is 6.18 Å². The van der Waals surface area contributed by atoms with Gasteiger partial charge in [0.1, 0.15) is 5.82 Å². The van der Waals surface area contributed by atoms with Gasteiger partial charge in [-0.2, -0.15) is 13.2 Å². The van der Waals surface area contributed by atoms with Crippen LogP contribution in [-0.4, -0.2) is 23.9 Å². The van der Waals surface area contributed by atoms with Crippen LogP contribution >= 0.6 is 0 Å². The summed E-state index contributed by atoms with van der Waals surface area (Å²) in [6.45, 7) is 5.72. The van der Waals surface area contributed by atoms with E-state index in [2.05, 4.69) is 0 Å². The standard InChI is InChI=1S/C15H19F4NO/c1-9(2)7-10(3)20(4)14(21)12-8-11(15(17,18)19)5-6-13(12)16/h5-6,8-10H,7H2,1-4H3. The zero-order valence-electron chi connectivity index (χ0n) is 12.5. The van der Waals surface area contributed by atoms with Gasteiger partial charge in [-0.15, -0.1) is 0 Å². The van der Waals surface area contributed by atoms with Crippen molar-refractivity contribution in [3.8, 4) is 0 Å². The summed E-state index contributed by atoms with van der Waals surface area (Å²) in [4.78, 5) is 13.5. The number of carbonyl (C=O) groups excluding carboxylic acids is 1. The molecule has 0 radical (unpaired) electrons. The highest BCUT2D eigenvalue weighted by Gasteiger charge is 2.32. The second kappa shape index (κ2) is 6.45. The molecule has 1 aromatic carbocycles. The fraction of sp³-hybridized carbons (Fsp3) is 0.533. The van der Waals surface area contributed by atoms with Crippen molar-refractivity contribution in [2.45, 2.75) is 39.4 Å². The topological polar surface area (TPSA) is 20.3 Å². The lowest BCUT2D eigenvalue weighted by Gasteiger charge is -2.26. The van der Waals surface area contributed by atoms with Crippen molar-refractivity contribution >= 4 is 5.91 Å². The molecule has 0 spiro atoms. The molecule has 0 saturated carbocycles. The minimum Gasteiger partial charge on any atom is -0.339 e. The average Bonchev–Trinajstić information content (AvgIpc) is 2.35. The molecule has 1 aromatic rings. The molecule has 0 aliphatic rings. The molecule has 2 nitrogen and oxygen atoms in total. The number of benzene rings is 1. The van der Waals surface area contributed by atoms with Crippen LogP contribution in [0.1, 0.15) is 43.1 Å². The van der Waals surface area contributed by atoms with Gasteiger partial charge < -0.3 is 4.90 Å². The number of hydrogen-bond donors (Lipinski definition) is 0. The Balaban J connectivity index is 3.06. The van der Waals surface area contributed by atoms with Crippen LogP contribution in [0, 0.1) is 11.7 Å². The molecule has 0 aliphatic carbocycles. The molecule has 0 fully saturated rings. The predicted molar refractivity (Wildman–Crippen MR) is 72.4 cm³/mol. The number of alkyl halides is 3.